The van der Waals surface area contributed by atoms with Crippen LogP contribution in [-0.4, -0.2) is 28.8 Å². The topological polar surface area (TPSA) is 94.5 Å². The summed E-state index contributed by atoms with van der Waals surface area (Å²) in [6.07, 6.45) is 8.90. The fourth-order valence-corrected chi connectivity index (χ4v) is 5.60. The SMILES string of the molecule is C.CC1CCC(C2CCC(C3CCC(C)CC3)C(F)C2F)CC1.O.O.O. The maximum Gasteiger partial charge on any atom is 0.134 e. The summed E-state index contributed by atoms with van der Waals surface area (Å²) in [6, 6.07) is 0. The van der Waals surface area contributed by atoms with Crippen LogP contribution in [0.3, 0.4) is 0 Å². The highest BCUT2D eigenvalue weighted by molar-refractivity contribution is 4.95. The lowest BCUT2D eigenvalue weighted by atomic mass is 9.64. The van der Waals surface area contributed by atoms with Crippen LogP contribution in [0.5, 0.6) is 0 Å². The Morgan fingerprint density at radius 3 is 1.04 bits per heavy atom. The summed E-state index contributed by atoms with van der Waals surface area (Å²) in [6.45, 7) is 4.59. The monoisotopic (exact) mass is 382 g/mol. The second kappa shape index (κ2) is 12.2. The Morgan fingerprint density at radius 1 is 0.500 bits per heavy atom. The molecule has 0 aromatic carbocycles. The minimum Gasteiger partial charge on any atom is -0.412 e. The highest BCUT2D eigenvalue weighted by Gasteiger charge is 2.46. The molecule has 3 aliphatic carbocycles. The van der Waals surface area contributed by atoms with E-state index in [9.17, 15) is 8.78 Å². The Hall–Kier alpha value is -0.260. The molecule has 4 atom stereocenters. The molecule has 0 aromatic rings. The van der Waals surface area contributed by atoms with Crippen molar-refractivity contribution in [2.24, 2.45) is 35.5 Å². The van der Waals surface area contributed by atoms with Crippen LogP contribution in [0.25, 0.3) is 0 Å². The van der Waals surface area contributed by atoms with E-state index in [1.165, 1.54) is 25.7 Å². The van der Waals surface area contributed by atoms with E-state index >= 15 is 0 Å². The molecule has 0 saturated heterocycles. The molecule has 3 aliphatic rings. The summed E-state index contributed by atoms with van der Waals surface area (Å²) >= 11 is 0. The third kappa shape index (κ3) is 6.13. The van der Waals surface area contributed by atoms with Crippen LogP contribution in [0.15, 0.2) is 0 Å². The zero-order valence-corrected chi connectivity index (χ0v) is 15.9. The Kier molecular flexibility index (Phi) is 13.2. The second-order valence-electron chi connectivity index (χ2n) is 8.83. The largest absolute Gasteiger partial charge is 0.412 e. The summed E-state index contributed by atoms with van der Waals surface area (Å²) < 4.78 is 29.7. The van der Waals surface area contributed by atoms with Crippen molar-refractivity contribution in [3.05, 3.63) is 0 Å². The molecule has 0 spiro atoms. The molecule has 4 unspecified atom stereocenters. The van der Waals surface area contributed by atoms with Crippen LogP contribution in [0, 0.1) is 35.5 Å². The van der Waals surface area contributed by atoms with Gasteiger partial charge in [-0.1, -0.05) is 47.0 Å². The third-order valence-electron chi connectivity index (χ3n) is 7.29. The van der Waals surface area contributed by atoms with E-state index in [4.69, 9.17) is 0 Å². The van der Waals surface area contributed by atoms with E-state index in [0.717, 1.165) is 50.4 Å². The summed E-state index contributed by atoms with van der Waals surface area (Å²) in [5.74, 6) is 2.52. The van der Waals surface area contributed by atoms with Crippen molar-refractivity contribution in [3.8, 4) is 0 Å². The van der Waals surface area contributed by atoms with Gasteiger partial charge < -0.3 is 16.4 Å². The molecule has 3 saturated carbocycles. The molecule has 26 heavy (non-hydrogen) atoms. The van der Waals surface area contributed by atoms with E-state index in [1.54, 1.807) is 0 Å². The van der Waals surface area contributed by atoms with Gasteiger partial charge in [0.1, 0.15) is 12.3 Å². The Bertz CT molecular complexity index is 319. The molecule has 0 aromatic heterocycles. The average molecular weight is 383 g/mol. The standard InChI is InChI=1S/C20H34F2.CH4.3H2O/c1-13-3-7-15(8-4-13)17-11-12-18(20(22)19(17)21)16-9-5-14(2)6-10-16;;;;/h13-20H,3-12H2,1-2H3;1H4;3*1H2. The van der Waals surface area contributed by atoms with Crippen molar-refractivity contribution in [1.29, 1.82) is 0 Å². The van der Waals surface area contributed by atoms with Crippen LogP contribution in [0.1, 0.15) is 85.5 Å². The van der Waals surface area contributed by atoms with Gasteiger partial charge >= 0.3 is 0 Å². The summed E-state index contributed by atoms with van der Waals surface area (Å²) in [5.41, 5.74) is 0. The number of alkyl halides is 2. The normalized spacial score (nSPS) is 42.9. The van der Waals surface area contributed by atoms with Gasteiger partial charge in [-0.3, -0.25) is 0 Å². The van der Waals surface area contributed by atoms with E-state index in [2.05, 4.69) is 13.8 Å². The average Bonchev–Trinajstić information content (AvgIpc) is 2.52. The first-order valence-corrected chi connectivity index (χ1v) is 9.84. The van der Waals surface area contributed by atoms with Gasteiger partial charge in [0.15, 0.2) is 0 Å². The predicted octanol–water partition coefficient (Wildman–Crippen LogP) is 4.50. The molecule has 0 radical (unpaired) electrons. The molecular weight excluding hydrogens is 338 g/mol. The minimum atomic E-state index is -1.18. The molecule has 0 heterocycles. The Balaban J connectivity index is 0. The maximum absolute atomic E-state index is 14.8. The molecule has 160 valence electrons. The predicted molar refractivity (Wildman–Crippen MR) is 106 cm³/mol. The fourth-order valence-electron chi connectivity index (χ4n) is 5.60. The van der Waals surface area contributed by atoms with Gasteiger partial charge in [-0.25, -0.2) is 8.78 Å². The number of halogens is 2. The van der Waals surface area contributed by atoms with Gasteiger partial charge in [0, 0.05) is 0 Å². The summed E-state index contributed by atoms with van der Waals surface area (Å²) in [7, 11) is 0. The van der Waals surface area contributed by atoms with Crippen molar-refractivity contribution in [1.82, 2.24) is 0 Å². The maximum atomic E-state index is 14.8. The molecule has 3 nitrogen and oxygen atoms in total. The molecule has 0 amide bonds. The van der Waals surface area contributed by atoms with E-state index in [1.807, 2.05) is 0 Å². The molecule has 6 N–H and O–H groups in total. The van der Waals surface area contributed by atoms with Crippen molar-refractivity contribution in [2.75, 3.05) is 0 Å². The Morgan fingerprint density at radius 2 is 0.769 bits per heavy atom. The number of hydrogen-bond acceptors (Lipinski definition) is 0. The number of hydrogen-bond donors (Lipinski definition) is 0. The highest BCUT2D eigenvalue weighted by atomic mass is 19.2. The molecule has 3 fully saturated rings. The molecular formula is C21H44F2O3. The van der Waals surface area contributed by atoms with Gasteiger partial charge in [-0.05, 0) is 74.0 Å². The first-order chi connectivity index (χ1) is 10.6. The van der Waals surface area contributed by atoms with Crippen LogP contribution in [-0.2, 0) is 0 Å². The van der Waals surface area contributed by atoms with Crippen molar-refractivity contribution in [2.45, 2.75) is 97.8 Å². The Labute approximate surface area is 159 Å². The zero-order chi connectivity index (χ0) is 15.7. The van der Waals surface area contributed by atoms with E-state index in [-0.39, 0.29) is 35.7 Å². The fraction of sp³-hybridized carbons (Fsp3) is 1.00. The highest BCUT2D eigenvalue weighted by Crippen LogP contribution is 2.47. The quantitative estimate of drug-likeness (QED) is 0.672. The molecule has 3 rings (SSSR count). The lowest BCUT2D eigenvalue weighted by Gasteiger charge is -2.44. The molecule has 0 aliphatic heterocycles. The van der Waals surface area contributed by atoms with E-state index in [0.29, 0.717) is 11.8 Å². The minimum absolute atomic E-state index is 0. The van der Waals surface area contributed by atoms with Crippen LogP contribution in [0.4, 0.5) is 8.78 Å². The van der Waals surface area contributed by atoms with Crippen LogP contribution in [0.2, 0.25) is 0 Å². The van der Waals surface area contributed by atoms with Gasteiger partial charge in [0.05, 0.1) is 0 Å². The van der Waals surface area contributed by atoms with Gasteiger partial charge in [-0.2, -0.15) is 0 Å². The molecule has 0 bridgehead atoms. The first kappa shape index (κ1) is 28.0. The number of rotatable bonds is 2. The van der Waals surface area contributed by atoms with Gasteiger partial charge in [-0.15, -0.1) is 0 Å². The van der Waals surface area contributed by atoms with Crippen LogP contribution < -0.4 is 0 Å². The summed E-state index contributed by atoms with van der Waals surface area (Å²) in [4.78, 5) is 0. The lowest BCUT2D eigenvalue weighted by molar-refractivity contribution is -0.0359. The van der Waals surface area contributed by atoms with Gasteiger partial charge in [0.25, 0.3) is 0 Å². The third-order valence-corrected chi connectivity index (χ3v) is 7.29. The van der Waals surface area contributed by atoms with Crippen molar-refractivity contribution < 1.29 is 25.2 Å². The first-order valence-electron chi connectivity index (χ1n) is 9.84. The van der Waals surface area contributed by atoms with Crippen molar-refractivity contribution >= 4 is 0 Å². The molecule has 5 heteroatoms. The lowest BCUT2D eigenvalue weighted by Crippen LogP contribution is -2.45. The van der Waals surface area contributed by atoms with Crippen LogP contribution >= 0.6 is 0 Å². The second-order valence-corrected chi connectivity index (χ2v) is 8.83. The van der Waals surface area contributed by atoms with Gasteiger partial charge in [0.2, 0.25) is 0 Å². The van der Waals surface area contributed by atoms with Crippen molar-refractivity contribution in [3.63, 3.8) is 0 Å². The smallest absolute Gasteiger partial charge is 0.134 e. The van der Waals surface area contributed by atoms with E-state index < -0.39 is 12.3 Å². The summed E-state index contributed by atoms with van der Waals surface area (Å²) in [5, 5.41) is 0. The zero-order valence-electron chi connectivity index (χ0n) is 15.9.